The summed E-state index contributed by atoms with van der Waals surface area (Å²) in [7, 11) is 0. The highest BCUT2D eigenvalue weighted by Gasteiger charge is 2.09. The van der Waals surface area contributed by atoms with Crippen LogP contribution in [0.5, 0.6) is 0 Å². The Labute approximate surface area is 125 Å². The van der Waals surface area contributed by atoms with E-state index in [0.717, 1.165) is 15.6 Å². The summed E-state index contributed by atoms with van der Waals surface area (Å²) in [5, 5.41) is 0.657. The molecule has 2 heteroatoms. The lowest BCUT2D eigenvalue weighted by atomic mass is 9.94. The number of hydrogen-bond acceptors (Lipinski definition) is 0. The van der Waals surface area contributed by atoms with Gasteiger partial charge >= 0.3 is 0 Å². The molecule has 0 heterocycles. The number of benzene rings is 2. The van der Waals surface area contributed by atoms with Gasteiger partial charge in [-0.25, -0.2) is 0 Å². The predicted molar refractivity (Wildman–Crippen MR) is 83.1 cm³/mol. The first kappa shape index (κ1) is 11.1. The number of rotatable bonds is 3. The third-order valence-electron chi connectivity index (χ3n) is 2.59. The van der Waals surface area contributed by atoms with Crippen LogP contribution in [-0.2, 0) is 6.37 Å². The van der Waals surface area contributed by atoms with Gasteiger partial charge in [0.15, 0.2) is 0 Å². The van der Waals surface area contributed by atoms with Gasteiger partial charge in [0, 0.05) is 12.2 Å². The van der Waals surface area contributed by atoms with Gasteiger partial charge in [0.2, 0.25) is 0 Å². The van der Waals surface area contributed by atoms with Crippen molar-refractivity contribution in [3.8, 4) is 11.1 Å². The minimum atomic E-state index is -1.38. The first-order valence-corrected chi connectivity index (χ1v) is 7.06. The molecule has 2 rings (SSSR count). The Morgan fingerprint density at radius 1 is 1.17 bits per heavy atom. The Morgan fingerprint density at radius 3 is 2.56 bits per heavy atom. The molecule has 0 fully saturated rings. The SMILES string of the molecule is [2H]C([2H])(c1ccccc1-c1ccc(Cl)cc1Br)C(C)C. The molecule has 0 nitrogen and oxygen atoms in total. The third-order valence-corrected chi connectivity index (χ3v) is 3.48. The molecular weight excluding hydrogens is 308 g/mol. The maximum absolute atomic E-state index is 8.35. The third kappa shape index (κ3) is 3.15. The molecule has 0 spiro atoms. The van der Waals surface area contributed by atoms with Crippen LogP contribution in [0.4, 0.5) is 0 Å². The van der Waals surface area contributed by atoms with Crippen LogP contribution in [-0.4, -0.2) is 0 Å². The van der Waals surface area contributed by atoms with E-state index >= 15 is 0 Å². The average molecular weight is 326 g/mol. The zero-order valence-corrected chi connectivity index (χ0v) is 12.7. The van der Waals surface area contributed by atoms with Gasteiger partial charge in [0.05, 0.1) is 0 Å². The van der Waals surface area contributed by atoms with Crippen molar-refractivity contribution in [3.05, 3.63) is 57.5 Å². The first-order chi connectivity index (χ1) is 9.34. The second-order valence-corrected chi connectivity index (χ2v) is 5.76. The fourth-order valence-electron chi connectivity index (χ4n) is 1.86. The van der Waals surface area contributed by atoms with Crippen molar-refractivity contribution in [1.82, 2.24) is 0 Å². The molecule has 0 radical (unpaired) electrons. The van der Waals surface area contributed by atoms with E-state index in [1.807, 2.05) is 56.3 Å². The van der Waals surface area contributed by atoms with E-state index in [9.17, 15) is 0 Å². The molecule has 0 aliphatic carbocycles. The molecule has 0 bridgehead atoms. The lowest BCUT2D eigenvalue weighted by molar-refractivity contribution is 0.648. The topological polar surface area (TPSA) is 0 Å². The molecule has 0 aromatic heterocycles. The van der Waals surface area contributed by atoms with E-state index in [4.69, 9.17) is 14.3 Å². The maximum atomic E-state index is 8.35. The van der Waals surface area contributed by atoms with Crippen molar-refractivity contribution in [2.45, 2.75) is 20.2 Å². The fraction of sp³-hybridized carbons (Fsp3) is 0.250. The summed E-state index contributed by atoms with van der Waals surface area (Å²) in [5.41, 5.74) is 2.56. The molecule has 18 heavy (non-hydrogen) atoms. The average Bonchev–Trinajstić information content (AvgIpc) is 2.38. The van der Waals surface area contributed by atoms with Gasteiger partial charge in [-0.05, 0) is 41.1 Å². The molecule has 0 saturated heterocycles. The van der Waals surface area contributed by atoms with E-state index in [1.54, 1.807) is 0 Å². The Balaban J connectivity index is 2.64. The summed E-state index contributed by atoms with van der Waals surface area (Å²) in [6.45, 7) is 3.79. The van der Waals surface area contributed by atoms with Gasteiger partial charge in [0.25, 0.3) is 0 Å². The second-order valence-electron chi connectivity index (χ2n) is 4.47. The zero-order valence-electron chi connectivity index (χ0n) is 12.4. The van der Waals surface area contributed by atoms with E-state index in [1.165, 1.54) is 0 Å². The van der Waals surface area contributed by atoms with Gasteiger partial charge < -0.3 is 0 Å². The second kappa shape index (κ2) is 5.90. The Hall–Kier alpha value is -0.790. The van der Waals surface area contributed by atoms with Crippen molar-refractivity contribution in [2.24, 2.45) is 5.92 Å². The number of hydrogen-bond donors (Lipinski definition) is 0. The quantitative estimate of drug-likeness (QED) is 0.652. The maximum Gasteiger partial charge on any atom is 0.0417 e. The van der Waals surface area contributed by atoms with Crippen molar-refractivity contribution in [3.63, 3.8) is 0 Å². The smallest absolute Gasteiger partial charge is 0.0417 e. The highest BCUT2D eigenvalue weighted by atomic mass is 79.9. The van der Waals surface area contributed by atoms with Crippen LogP contribution in [0.25, 0.3) is 11.1 Å². The van der Waals surface area contributed by atoms with Crippen LogP contribution in [0.2, 0.25) is 5.02 Å². The highest BCUT2D eigenvalue weighted by Crippen LogP contribution is 2.33. The summed E-state index contributed by atoms with van der Waals surface area (Å²) in [4.78, 5) is 0. The van der Waals surface area contributed by atoms with Crippen LogP contribution in [0.1, 0.15) is 22.2 Å². The zero-order chi connectivity index (χ0) is 14.9. The lowest BCUT2D eigenvalue weighted by Gasteiger charge is -2.13. The first-order valence-electron chi connectivity index (χ1n) is 6.89. The van der Waals surface area contributed by atoms with Crippen LogP contribution < -0.4 is 0 Å². The molecule has 0 aliphatic rings. The molecular formula is C16H16BrCl. The predicted octanol–water partition coefficient (Wildman–Crippen LogP) is 5.97. The summed E-state index contributed by atoms with van der Waals surface area (Å²) in [6.07, 6.45) is -1.38. The van der Waals surface area contributed by atoms with Gasteiger partial charge in [-0.15, -0.1) is 0 Å². The van der Waals surface area contributed by atoms with Crippen molar-refractivity contribution in [2.75, 3.05) is 0 Å². The molecule has 2 aromatic carbocycles. The van der Waals surface area contributed by atoms with E-state index in [2.05, 4.69) is 15.9 Å². The van der Waals surface area contributed by atoms with Gasteiger partial charge in [-0.1, -0.05) is 71.7 Å². The van der Waals surface area contributed by atoms with Crippen molar-refractivity contribution < 1.29 is 2.74 Å². The van der Waals surface area contributed by atoms with Crippen molar-refractivity contribution in [1.29, 1.82) is 0 Å². The lowest BCUT2D eigenvalue weighted by Crippen LogP contribution is -1.97. The molecule has 0 saturated carbocycles. The molecule has 0 N–H and O–H groups in total. The monoisotopic (exact) mass is 324 g/mol. The molecule has 94 valence electrons. The van der Waals surface area contributed by atoms with E-state index < -0.39 is 6.37 Å². The normalized spacial score (nSPS) is 13.4. The van der Waals surface area contributed by atoms with Gasteiger partial charge in [-0.2, -0.15) is 0 Å². The van der Waals surface area contributed by atoms with Crippen molar-refractivity contribution >= 4 is 27.5 Å². The largest absolute Gasteiger partial charge is 0.0843 e. The van der Waals surface area contributed by atoms with Gasteiger partial charge in [0.1, 0.15) is 0 Å². The van der Waals surface area contributed by atoms with Gasteiger partial charge in [-0.3, -0.25) is 0 Å². The Kier molecular flexibility index (Phi) is 3.63. The van der Waals surface area contributed by atoms with E-state index in [0.29, 0.717) is 10.6 Å². The van der Waals surface area contributed by atoms with Crippen LogP contribution in [0.3, 0.4) is 0 Å². The summed E-state index contributed by atoms with van der Waals surface area (Å²) in [6, 6.07) is 13.2. The Bertz CT molecular complexity index is 624. The summed E-state index contributed by atoms with van der Waals surface area (Å²) >= 11 is 9.50. The van der Waals surface area contributed by atoms with Crippen LogP contribution in [0, 0.1) is 5.92 Å². The summed E-state index contributed by atoms with van der Waals surface area (Å²) < 4.78 is 17.6. The fourth-order valence-corrected chi connectivity index (χ4v) is 2.76. The molecule has 2 aromatic rings. The summed E-state index contributed by atoms with van der Waals surface area (Å²) in [5.74, 6) is -0.102. The highest BCUT2D eigenvalue weighted by molar-refractivity contribution is 9.10. The molecule has 0 aliphatic heterocycles. The van der Waals surface area contributed by atoms with Crippen LogP contribution >= 0.6 is 27.5 Å². The molecule has 0 atom stereocenters. The molecule has 0 amide bonds. The minimum Gasteiger partial charge on any atom is -0.0843 e. The van der Waals surface area contributed by atoms with E-state index in [-0.39, 0.29) is 5.92 Å². The minimum absolute atomic E-state index is 0.102. The van der Waals surface area contributed by atoms with Crippen LogP contribution in [0.15, 0.2) is 46.9 Å². The molecule has 0 unspecified atom stereocenters. The Morgan fingerprint density at radius 2 is 1.89 bits per heavy atom. The number of halogens is 2. The standard InChI is InChI=1S/C16H16BrCl/c1-11(2)9-12-5-3-4-6-14(12)15-8-7-13(18)10-16(15)17/h3-8,10-11H,9H2,1-2H3/i9D2.